The minimum Gasteiger partial charge on any atom is -0.497 e. The topological polar surface area (TPSA) is 80.5 Å². The summed E-state index contributed by atoms with van der Waals surface area (Å²) >= 11 is 0. The number of methoxy groups -OCH3 is 2. The lowest BCUT2D eigenvalue weighted by molar-refractivity contribution is -0.684. The largest absolute Gasteiger partial charge is 0.497 e. The van der Waals surface area contributed by atoms with E-state index in [2.05, 4.69) is 10.6 Å². The highest BCUT2D eigenvalue weighted by Gasteiger charge is 2.14. The number of amides is 2. The summed E-state index contributed by atoms with van der Waals surface area (Å²) in [6.45, 7) is 0.0791. The van der Waals surface area contributed by atoms with Crippen LogP contribution in [0.15, 0.2) is 73.1 Å². The van der Waals surface area contributed by atoms with Gasteiger partial charge in [0.25, 0.3) is 11.8 Å². The van der Waals surface area contributed by atoms with Crippen LogP contribution in [0.25, 0.3) is 0 Å². The molecule has 0 unspecified atom stereocenters. The second-order valence-corrected chi connectivity index (χ2v) is 6.22. The summed E-state index contributed by atoms with van der Waals surface area (Å²) in [5.41, 5.74) is 1.77. The van der Waals surface area contributed by atoms with Crippen LogP contribution in [0.3, 0.4) is 0 Å². The lowest BCUT2D eigenvalue weighted by Crippen LogP contribution is -2.40. The lowest BCUT2D eigenvalue weighted by atomic mass is 10.2. The second kappa shape index (κ2) is 9.36. The van der Waals surface area contributed by atoms with Gasteiger partial charge in [0, 0.05) is 17.4 Å². The maximum Gasteiger partial charge on any atom is 0.290 e. The minimum absolute atomic E-state index is 0.0791. The molecule has 0 bridgehead atoms. The molecule has 0 fully saturated rings. The molecule has 7 nitrogen and oxygen atoms in total. The molecule has 0 aliphatic rings. The van der Waals surface area contributed by atoms with E-state index < -0.39 is 0 Å². The van der Waals surface area contributed by atoms with E-state index >= 15 is 0 Å². The fourth-order valence-corrected chi connectivity index (χ4v) is 2.67. The summed E-state index contributed by atoms with van der Waals surface area (Å²) in [4.78, 5) is 24.8. The number of hydrogen-bond donors (Lipinski definition) is 2. The molecule has 29 heavy (non-hydrogen) atoms. The Morgan fingerprint density at radius 3 is 1.93 bits per heavy atom. The van der Waals surface area contributed by atoms with E-state index in [1.807, 2.05) is 0 Å². The first kappa shape index (κ1) is 19.9. The smallest absolute Gasteiger partial charge is 0.290 e. The molecule has 2 amide bonds. The summed E-state index contributed by atoms with van der Waals surface area (Å²) < 4.78 is 11.9. The molecule has 3 rings (SSSR count). The molecule has 0 spiro atoms. The van der Waals surface area contributed by atoms with Crippen LogP contribution in [0, 0.1) is 0 Å². The van der Waals surface area contributed by atoms with Gasteiger partial charge in [0.1, 0.15) is 17.1 Å². The third-order valence-corrected chi connectivity index (χ3v) is 4.17. The van der Waals surface area contributed by atoms with Gasteiger partial charge in [-0.25, -0.2) is 0 Å². The van der Waals surface area contributed by atoms with Gasteiger partial charge in [-0.1, -0.05) is 0 Å². The van der Waals surface area contributed by atoms with E-state index in [0.29, 0.717) is 28.4 Å². The quantitative estimate of drug-likeness (QED) is 0.606. The Hall–Kier alpha value is -3.87. The Bertz CT molecular complexity index is 986. The number of aromatic nitrogens is 1. The molecule has 0 radical (unpaired) electrons. The van der Waals surface area contributed by atoms with Crippen LogP contribution in [-0.4, -0.2) is 26.0 Å². The highest BCUT2D eigenvalue weighted by Crippen LogP contribution is 2.16. The van der Waals surface area contributed by atoms with Crippen molar-refractivity contribution >= 4 is 23.2 Å². The van der Waals surface area contributed by atoms with Crippen molar-refractivity contribution in [2.45, 2.75) is 6.54 Å². The van der Waals surface area contributed by atoms with Crippen molar-refractivity contribution in [2.24, 2.45) is 0 Å². The number of hydrogen-bond acceptors (Lipinski definition) is 4. The molecule has 0 aliphatic carbocycles. The number of benzene rings is 2. The van der Waals surface area contributed by atoms with Crippen LogP contribution in [-0.2, 0) is 11.3 Å². The van der Waals surface area contributed by atoms with Gasteiger partial charge in [-0.3, -0.25) is 9.59 Å². The SMILES string of the molecule is COc1ccc(NC(=O)C[n+]2cccc(C(=O)Nc3ccc(OC)cc3)c2)cc1. The standard InChI is InChI=1S/C22H21N3O4/c1-28-19-9-5-17(6-10-19)23-21(26)15-25-13-3-4-16(14-25)22(27)24-18-7-11-20(29-2)12-8-18/h3-14H,15H2,1-2H3,(H-,23,24,26,27)/p+1. The van der Waals surface area contributed by atoms with E-state index in [9.17, 15) is 9.59 Å². The minimum atomic E-state index is -0.264. The van der Waals surface area contributed by atoms with E-state index in [-0.39, 0.29) is 18.4 Å². The third-order valence-electron chi connectivity index (χ3n) is 4.17. The third kappa shape index (κ3) is 5.55. The first-order chi connectivity index (χ1) is 14.1. The van der Waals surface area contributed by atoms with Crippen molar-refractivity contribution in [1.82, 2.24) is 0 Å². The van der Waals surface area contributed by atoms with Crippen LogP contribution < -0.4 is 24.7 Å². The number of nitrogens with one attached hydrogen (secondary N) is 2. The van der Waals surface area contributed by atoms with Crippen molar-refractivity contribution in [3.63, 3.8) is 0 Å². The summed E-state index contributed by atoms with van der Waals surface area (Å²) in [7, 11) is 3.17. The van der Waals surface area contributed by atoms with Crippen molar-refractivity contribution < 1.29 is 23.6 Å². The first-order valence-electron chi connectivity index (χ1n) is 8.96. The summed E-state index contributed by atoms with van der Waals surface area (Å²) in [6.07, 6.45) is 3.37. The molecular weight excluding hydrogens is 370 g/mol. The number of ether oxygens (including phenoxy) is 2. The fraction of sp³-hybridized carbons (Fsp3) is 0.136. The van der Waals surface area contributed by atoms with Gasteiger partial charge >= 0.3 is 0 Å². The highest BCUT2D eigenvalue weighted by molar-refractivity contribution is 6.03. The Balaban J connectivity index is 1.61. The highest BCUT2D eigenvalue weighted by atomic mass is 16.5. The number of carbonyl (C=O) groups excluding carboxylic acids is 2. The molecule has 3 aromatic rings. The number of nitrogens with zero attached hydrogens (tertiary/aromatic N) is 1. The fourth-order valence-electron chi connectivity index (χ4n) is 2.67. The Morgan fingerprint density at radius 1 is 0.828 bits per heavy atom. The molecule has 0 saturated carbocycles. The molecule has 0 saturated heterocycles. The van der Waals surface area contributed by atoms with E-state index in [0.717, 1.165) is 0 Å². The molecule has 2 aromatic carbocycles. The molecule has 2 N–H and O–H groups in total. The van der Waals surface area contributed by atoms with Gasteiger partial charge in [0.2, 0.25) is 6.54 Å². The average molecular weight is 392 g/mol. The maximum absolute atomic E-state index is 12.5. The molecule has 7 heteroatoms. The predicted octanol–water partition coefficient (Wildman–Crippen LogP) is 2.88. The van der Waals surface area contributed by atoms with Gasteiger partial charge < -0.3 is 20.1 Å². The predicted molar refractivity (Wildman–Crippen MR) is 109 cm³/mol. The zero-order valence-corrected chi connectivity index (χ0v) is 16.2. The van der Waals surface area contributed by atoms with Gasteiger partial charge in [-0.15, -0.1) is 0 Å². The number of rotatable bonds is 7. The normalized spacial score (nSPS) is 10.1. The molecule has 148 valence electrons. The lowest BCUT2D eigenvalue weighted by Gasteiger charge is -2.07. The molecule has 1 aromatic heterocycles. The van der Waals surface area contributed by atoms with Crippen molar-refractivity contribution in [3.05, 3.63) is 78.6 Å². The number of carbonyl (C=O) groups is 2. The number of anilines is 2. The zero-order valence-electron chi connectivity index (χ0n) is 16.2. The van der Waals surface area contributed by atoms with Gasteiger partial charge in [-0.2, -0.15) is 4.57 Å². The molecule has 1 heterocycles. The Kier molecular flexibility index (Phi) is 6.42. The van der Waals surface area contributed by atoms with Crippen LogP contribution in [0.1, 0.15) is 10.4 Å². The zero-order chi connectivity index (χ0) is 20.6. The number of pyridine rings is 1. The second-order valence-electron chi connectivity index (χ2n) is 6.22. The molecular formula is C22H22N3O4+. The van der Waals surface area contributed by atoms with Crippen LogP contribution >= 0.6 is 0 Å². The van der Waals surface area contributed by atoms with Gasteiger partial charge in [-0.05, 0) is 54.6 Å². The average Bonchev–Trinajstić information content (AvgIpc) is 2.75. The molecule has 0 atom stereocenters. The monoisotopic (exact) mass is 392 g/mol. The van der Waals surface area contributed by atoms with Crippen LogP contribution in [0.4, 0.5) is 11.4 Å². The maximum atomic E-state index is 12.5. The van der Waals surface area contributed by atoms with Crippen molar-refractivity contribution in [3.8, 4) is 11.5 Å². The van der Waals surface area contributed by atoms with E-state index in [4.69, 9.17) is 9.47 Å². The van der Waals surface area contributed by atoms with Crippen molar-refractivity contribution in [1.29, 1.82) is 0 Å². The summed E-state index contributed by atoms with van der Waals surface area (Å²) in [5.74, 6) is 0.962. The van der Waals surface area contributed by atoms with Gasteiger partial charge in [0.05, 0.1) is 14.2 Å². The van der Waals surface area contributed by atoms with E-state index in [1.54, 1.807) is 91.8 Å². The van der Waals surface area contributed by atoms with Crippen LogP contribution in [0.2, 0.25) is 0 Å². The van der Waals surface area contributed by atoms with Crippen molar-refractivity contribution in [2.75, 3.05) is 24.9 Å². The summed E-state index contributed by atoms with van der Waals surface area (Å²) in [5, 5.41) is 5.63. The van der Waals surface area contributed by atoms with Crippen LogP contribution in [0.5, 0.6) is 11.5 Å². The Morgan fingerprint density at radius 2 is 1.38 bits per heavy atom. The van der Waals surface area contributed by atoms with Gasteiger partial charge in [0.15, 0.2) is 12.4 Å². The van der Waals surface area contributed by atoms with E-state index in [1.165, 1.54) is 0 Å². The summed E-state index contributed by atoms with van der Waals surface area (Å²) in [6, 6.07) is 17.5. The first-order valence-corrected chi connectivity index (χ1v) is 8.96. The Labute approximate surface area is 168 Å². The molecule has 0 aliphatic heterocycles.